The maximum absolute atomic E-state index is 6.47. The largest absolute Gasteiger partial charge is 0.327 e. The van der Waals surface area contributed by atoms with Crippen LogP contribution in [0.25, 0.3) is 11.0 Å². The number of hydrogen-bond donors (Lipinski definition) is 1. The van der Waals surface area contributed by atoms with Crippen molar-refractivity contribution < 1.29 is 0 Å². The summed E-state index contributed by atoms with van der Waals surface area (Å²) in [5.74, 6) is 1.58. The van der Waals surface area contributed by atoms with E-state index >= 15 is 0 Å². The van der Waals surface area contributed by atoms with Crippen molar-refractivity contribution in [3.63, 3.8) is 0 Å². The smallest absolute Gasteiger partial charge is 0.114 e. The minimum absolute atomic E-state index is 0.241. The molecule has 2 aromatic rings. The van der Waals surface area contributed by atoms with Gasteiger partial charge in [-0.2, -0.15) is 0 Å². The first-order chi connectivity index (χ1) is 10.1. The molecule has 1 fully saturated rings. The third-order valence-electron chi connectivity index (χ3n) is 4.60. The molecule has 3 nitrogen and oxygen atoms in total. The van der Waals surface area contributed by atoms with Gasteiger partial charge in [0, 0.05) is 22.5 Å². The van der Waals surface area contributed by atoms with Gasteiger partial charge in [0.2, 0.25) is 0 Å². The summed E-state index contributed by atoms with van der Waals surface area (Å²) < 4.78 is 3.47. The van der Waals surface area contributed by atoms with Gasteiger partial charge in [0.1, 0.15) is 5.82 Å². The molecule has 2 unspecified atom stereocenters. The van der Waals surface area contributed by atoms with Gasteiger partial charge >= 0.3 is 0 Å². The van der Waals surface area contributed by atoms with Crippen molar-refractivity contribution in [3.8, 4) is 0 Å². The Hall–Kier alpha value is -0.870. The minimum atomic E-state index is 0.241. The van der Waals surface area contributed by atoms with E-state index in [9.17, 15) is 0 Å². The number of imidazole rings is 1. The van der Waals surface area contributed by atoms with Crippen molar-refractivity contribution in [2.24, 2.45) is 5.73 Å². The molecule has 0 aliphatic heterocycles. The SMILES string of the molecule is CC(C)n1c(C2CCCCCC2N)nc2cc(Br)ccc21. The molecule has 1 saturated carbocycles. The summed E-state index contributed by atoms with van der Waals surface area (Å²) >= 11 is 3.55. The van der Waals surface area contributed by atoms with Crippen LogP contribution in [0.5, 0.6) is 0 Å². The van der Waals surface area contributed by atoms with Crippen molar-refractivity contribution in [1.82, 2.24) is 9.55 Å². The van der Waals surface area contributed by atoms with Crippen LogP contribution in [0.15, 0.2) is 22.7 Å². The minimum Gasteiger partial charge on any atom is -0.327 e. The third kappa shape index (κ3) is 2.88. The summed E-state index contributed by atoms with van der Waals surface area (Å²) in [6, 6.07) is 7.02. The molecule has 4 heteroatoms. The van der Waals surface area contributed by atoms with Crippen LogP contribution in [0.4, 0.5) is 0 Å². The zero-order valence-electron chi connectivity index (χ0n) is 12.8. The topological polar surface area (TPSA) is 43.8 Å². The lowest BCUT2D eigenvalue weighted by atomic mass is 9.94. The number of aromatic nitrogens is 2. The Morgan fingerprint density at radius 3 is 2.76 bits per heavy atom. The summed E-state index contributed by atoms with van der Waals surface area (Å²) in [7, 11) is 0. The van der Waals surface area contributed by atoms with Gasteiger partial charge in [0.05, 0.1) is 11.0 Å². The summed E-state index contributed by atoms with van der Waals surface area (Å²) in [6.07, 6.45) is 6.11. The lowest BCUT2D eigenvalue weighted by Crippen LogP contribution is -2.29. The molecule has 2 N–H and O–H groups in total. The van der Waals surface area contributed by atoms with Crippen molar-refractivity contribution in [2.75, 3.05) is 0 Å². The Morgan fingerprint density at radius 1 is 1.24 bits per heavy atom. The highest BCUT2D eigenvalue weighted by Crippen LogP contribution is 2.34. The Bertz CT molecular complexity index is 632. The van der Waals surface area contributed by atoms with E-state index in [1.165, 1.54) is 37.0 Å². The lowest BCUT2D eigenvalue weighted by molar-refractivity contribution is 0.450. The summed E-state index contributed by atoms with van der Waals surface area (Å²) in [6.45, 7) is 4.46. The van der Waals surface area contributed by atoms with E-state index < -0.39 is 0 Å². The van der Waals surface area contributed by atoms with Crippen LogP contribution in [0.1, 0.15) is 63.7 Å². The van der Waals surface area contributed by atoms with Crippen LogP contribution in [0, 0.1) is 0 Å². The number of fused-ring (bicyclic) bond motifs is 1. The molecular formula is C17H24BrN3. The highest BCUT2D eigenvalue weighted by atomic mass is 79.9. The van der Waals surface area contributed by atoms with Crippen LogP contribution in [-0.2, 0) is 0 Å². The van der Waals surface area contributed by atoms with Gasteiger partial charge in [0.25, 0.3) is 0 Å². The molecule has 0 amide bonds. The highest BCUT2D eigenvalue weighted by molar-refractivity contribution is 9.10. The first-order valence-corrected chi connectivity index (χ1v) is 8.80. The second kappa shape index (κ2) is 6.09. The standard InChI is InChI=1S/C17H24BrN3/c1-11(2)21-16-9-8-12(18)10-15(16)20-17(21)13-6-4-3-5-7-14(13)19/h8-11,13-14H,3-7,19H2,1-2H3. The summed E-state index contributed by atoms with van der Waals surface area (Å²) in [5.41, 5.74) is 8.76. The molecule has 1 aliphatic carbocycles. The molecule has 2 atom stereocenters. The molecule has 1 aliphatic rings. The molecular weight excluding hydrogens is 326 g/mol. The zero-order chi connectivity index (χ0) is 15.0. The van der Waals surface area contributed by atoms with Gasteiger partial charge in [-0.3, -0.25) is 0 Å². The quantitative estimate of drug-likeness (QED) is 0.794. The number of halogens is 1. The molecule has 0 saturated heterocycles. The number of nitrogens with two attached hydrogens (primary N) is 1. The fourth-order valence-electron chi connectivity index (χ4n) is 3.55. The molecule has 0 bridgehead atoms. The van der Waals surface area contributed by atoms with E-state index in [-0.39, 0.29) is 6.04 Å². The molecule has 0 spiro atoms. The van der Waals surface area contributed by atoms with Gasteiger partial charge < -0.3 is 10.3 Å². The number of nitrogens with zero attached hydrogens (tertiary/aromatic N) is 2. The Kier molecular flexibility index (Phi) is 4.36. The highest BCUT2D eigenvalue weighted by Gasteiger charge is 2.28. The second-order valence-corrected chi connectivity index (χ2v) is 7.39. The van der Waals surface area contributed by atoms with Crippen LogP contribution < -0.4 is 5.73 Å². The monoisotopic (exact) mass is 349 g/mol. The van der Waals surface area contributed by atoms with E-state index in [1.807, 2.05) is 0 Å². The average Bonchev–Trinajstić information content (AvgIpc) is 2.66. The number of hydrogen-bond acceptors (Lipinski definition) is 2. The van der Waals surface area contributed by atoms with Gasteiger partial charge in [-0.1, -0.05) is 35.2 Å². The normalized spacial score (nSPS) is 23.7. The zero-order valence-corrected chi connectivity index (χ0v) is 14.4. The second-order valence-electron chi connectivity index (χ2n) is 6.48. The van der Waals surface area contributed by atoms with Crippen LogP contribution >= 0.6 is 15.9 Å². The predicted molar refractivity (Wildman–Crippen MR) is 91.6 cm³/mol. The maximum Gasteiger partial charge on any atom is 0.114 e. The average molecular weight is 350 g/mol. The van der Waals surface area contributed by atoms with Crippen LogP contribution in [0.2, 0.25) is 0 Å². The van der Waals surface area contributed by atoms with Crippen LogP contribution in [0.3, 0.4) is 0 Å². The predicted octanol–water partition coefficient (Wildman–Crippen LogP) is 4.75. The number of rotatable bonds is 2. The molecule has 0 radical (unpaired) electrons. The summed E-state index contributed by atoms with van der Waals surface area (Å²) in [4.78, 5) is 4.96. The first kappa shape index (κ1) is 15.0. The fourth-order valence-corrected chi connectivity index (χ4v) is 3.90. The maximum atomic E-state index is 6.47. The Labute approximate surface area is 135 Å². The van der Waals surface area contributed by atoms with Crippen LogP contribution in [-0.4, -0.2) is 15.6 Å². The van der Waals surface area contributed by atoms with E-state index in [2.05, 4.69) is 52.5 Å². The van der Waals surface area contributed by atoms with Gasteiger partial charge in [-0.25, -0.2) is 4.98 Å². The first-order valence-electron chi connectivity index (χ1n) is 8.01. The van der Waals surface area contributed by atoms with E-state index in [4.69, 9.17) is 10.7 Å². The van der Waals surface area contributed by atoms with E-state index in [1.54, 1.807) is 0 Å². The lowest BCUT2D eigenvalue weighted by Gasteiger charge is -2.24. The molecule has 1 heterocycles. The van der Waals surface area contributed by atoms with E-state index in [0.29, 0.717) is 12.0 Å². The molecule has 1 aromatic heterocycles. The summed E-state index contributed by atoms with van der Waals surface area (Å²) in [5, 5.41) is 0. The molecule has 3 rings (SSSR count). The third-order valence-corrected chi connectivity index (χ3v) is 5.09. The van der Waals surface area contributed by atoms with Crippen molar-refractivity contribution >= 4 is 27.0 Å². The molecule has 1 aromatic carbocycles. The van der Waals surface area contributed by atoms with Gasteiger partial charge in [0.15, 0.2) is 0 Å². The van der Waals surface area contributed by atoms with Crippen molar-refractivity contribution in [1.29, 1.82) is 0 Å². The Balaban J connectivity index is 2.13. The van der Waals surface area contributed by atoms with Gasteiger partial charge in [-0.05, 0) is 44.9 Å². The Morgan fingerprint density at radius 2 is 2.00 bits per heavy atom. The fraction of sp³-hybridized carbons (Fsp3) is 0.588. The van der Waals surface area contributed by atoms with Gasteiger partial charge in [-0.15, -0.1) is 0 Å². The molecule has 21 heavy (non-hydrogen) atoms. The van der Waals surface area contributed by atoms with Crippen molar-refractivity contribution in [2.45, 2.75) is 64.0 Å². The number of benzene rings is 1. The molecule has 114 valence electrons. The van der Waals surface area contributed by atoms with E-state index in [0.717, 1.165) is 16.4 Å². The van der Waals surface area contributed by atoms with Crippen molar-refractivity contribution in [3.05, 3.63) is 28.5 Å².